The van der Waals surface area contributed by atoms with Crippen LogP contribution in [0.3, 0.4) is 0 Å². The van der Waals surface area contributed by atoms with Crippen LogP contribution in [0.25, 0.3) is 0 Å². The molecule has 0 aromatic heterocycles. The first kappa shape index (κ1) is 11.2. The largest absolute Gasteiger partial charge is 0.272 e. The van der Waals surface area contributed by atoms with E-state index < -0.39 is 0 Å². The zero-order valence-electron chi connectivity index (χ0n) is 9.21. The molecular weight excluding hydrogens is 222 g/mol. The van der Waals surface area contributed by atoms with E-state index in [1.54, 1.807) is 24.8 Å². The van der Waals surface area contributed by atoms with Crippen LogP contribution in [0, 0.1) is 17.0 Å². The molecule has 0 fully saturated rings. The molecule has 84 valence electrons. The van der Waals surface area contributed by atoms with Gasteiger partial charge in [-0.3, -0.25) is 10.1 Å². The monoisotopic (exact) mass is 235 g/mol. The third-order valence-corrected chi connectivity index (χ3v) is 3.94. The summed E-state index contributed by atoms with van der Waals surface area (Å²) in [5.41, 5.74) is 1.97. The molecule has 0 spiro atoms. The van der Waals surface area contributed by atoms with E-state index in [4.69, 9.17) is 0 Å². The van der Waals surface area contributed by atoms with Gasteiger partial charge in [0.25, 0.3) is 5.69 Å². The van der Waals surface area contributed by atoms with Crippen molar-refractivity contribution >= 4 is 17.4 Å². The first-order valence-electron chi connectivity index (χ1n) is 5.16. The number of nitro groups is 1. The minimum Gasteiger partial charge on any atom is -0.258 e. The molecule has 0 aliphatic carbocycles. The first-order valence-corrected chi connectivity index (χ1v) is 6.11. The van der Waals surface area contributed by atoms with E-state index in [0.29, 0.717) is 11.2 Å². The fourth-order valence-electron chi connectivity index (χ4n) is 1.91. The topological polar surface area (TPSA) is 43.1 Å². The maximum atomic E-state index is 10.9. The van der Waals surface area contributed by atoms with Crippen LogP contribution in [0.5, 0.6) is 0 Å². The van der Waals surface area contributed by atoms with E-state index in [0.717, 1.165) is 11.1 Å². The van der Waals surface area contributed by atoms with Gasteiger partial charge in [0.1, 0.15) is 0 Å². The summed E-state index contributed by atoms with van der Waals surface area (Å²) in [6.45, 7) is 3.91. The number of hydrogen-bond acceptors (Lipinski definition) is 3. The molecule has 2 atom stereocenters. The summed E-state index contributed by atoms with van der Waals surface area (Å²) in [5.74, 6) is 0.296. The fourth-order valence-corrected chi connectivity index (χ4v) is 2.83. The highest BCUT2D eigenvalue weighted by molar-refractivity contribution is 8.03. The van der Waals surface area contributed by atoms with Crippen LogP contribution in [0.4, 0.5) is 5.69 Å². The van der Waals surface area contributed by atoms with Gasteiger partial charge in [0.05, 0.1) is 4.92 Å². The van der Waals surface area contributed by atoms with E-state index in [-0.39, 0.29) is 10.6 Å². The van der Waals surface area contributed by atoms with Crippen molar-refractivity contribution in [2.45, 2.75) is 25.0 Å². The summed E-state index contributed by atoms with van der Waals surface area (Å²) in [4.78, 5) is 10.5. The second-order valence-corrected chi connectivity index (χ2v) is 5.29. The van der Waals surface area contributed by atoms with Crippen molar-refractivity contribution in [3.8, 4) is 0 Å². The highest BCUT2D eigenvalue weighted by Crippen LogP contribution is 2.38. The average Bonchev–Trinajstić information content (AvgIpc) is 2.65. The maximum Gasteiger partial charge on any atom is 0.272 e. The lowest BCUT2D eigenvalue weighted by molar-refractivity contribution is -0.385. The quantitative estimate of drug-likeness (QED) is 0.580. The van der Waals surface area contributed by atoms with Crippen molar-refractivity contribution in [2.24, 2.45) is 0 Å². The molecule has 4 heteroatoms. The highest BCUT2D eigenvalue weighted by Gasteiger charge is 2.23. The zero-order valence-corrected chi connectivity index (χ0v) is 10.0. The molecule has 0 N–H and O–H groups in total. The summed E-state index contributed by atoms with van der Waals surface area (Å²) >= 11 is 1.77. The summed E-state index contributed by atoms with van der Waals surface area (Å²) in [6, 6.07) is 5.52. The van der Waals surface area contributed by atoms with Gasteiger partial charge in [0, 0.05) is 22.8 Å². The Labute approximate surface area is 98.7 Å². The Balaban J connectivity index is 2.39. The third kappa shape index (κ3) is 1.97. The Bertz CT molecular complexity index is 456. The van der Waals surface area contributed by atoms with Gasteiger partial charge in [-0.15, -0.1) is 11.8 Å². The summed E-state index contributed by atoms with van der Waals surface area (Å²) in [7, 11) is 0. The molecule has 0 saturated carbocycles. The normalized spacial score (nSPS) is 23.6. The van der Waals surface area contributed by atoms with E-state index in [2.05, 4.69) is 18.4 Å². The number of thioether (sulfide) groups is 1. The molecule has 2 rings (SSSR count). The smallest absolute Gasteiger partial charge is 0.258 e. The number of nitro benzene ring substituents is 1. The number of aryl methyl sites for hydroxylation is 1. The molecule has 1 aromatic rings. The van der Waals surface area contributed by atoms with Gasteiger partial charge >= 0.3 is 0 Å². The van der Waals surface area contributed by atoms with E-state index >= 15 is 0 Å². The zero-order chi connectivity index (χ0) is 11.7. The molecule has 1 heterocycles. The lowest BCUT2D eigenvalue weighted by atomic mass is 9.95. The fraction of sp³-hybridized carbons (Fsp3) is 0.333. The van der Waals surface area contributed by atoms with Crippen LogP contribution in [-0.2, 0) is 0 Å². The Hall–Kier alpha value is -1.29. The van der Waals surface area contributed by atoms with Gasteiger partial charge in [-0.25, -0.2) is 0 Å². The van der Waals surface area contributed by atoms with Crippen LogP contribution >= 0.6 is 11.8 Å². The Morgan fingerprint density at radius 1 is 1.44 bits per heavy atom. The van der Waals surface area contributed by atoms with Crippen LogP contribution in [0.15, 0.2) is 29.7 Å². The average molecular weight is 235 g/mol. The molecule has 0 bridgehead atoms. The van der Waals surface area contributed by atoms with Crippen molar-refractivity contribution in [3.63, 3.8) is 0 Å². The second-order valence-electron chi connectivity index (χ2n) is 4.00. The molecule has 0 radical (unpaired) electrons. The molecule has 1 aliphatic heterocycles. The number of rotatable bonds is 2. The Morgan fingerprint density at radius 2 is 2.19 bits per heavy atom. The minimum absolute atomic E-state index is 0.218. The third-order valence-electron chi connectivity index (χ3n) is 2.90. The molecule has 1 aromatic carbocycles. The van der Waals surface area contributed by atoms with E-state index in [1.165, 1.54) is 0 Å². The van der Waals surface area contributed by atoms with Crippen LogP contribution < -0.4 is 0 Å². The van der Waals surface area contributed by atoms with Gasteiger partial charge in [-0.05, 0) is 17.9 Å². The van der Waals surface area contributed by atoms with Crippen molar-refractivity contribution in [1.29, 1.82) is 0 Å². The molecule has 3 nitrogen and oxygen atoms in total. The van der Waals surface area contributed by atoms with Crippen LogP contribution in [0.2, 0.25) is 0 Å². The van der Waals surface area contributed by atoms with Crippen molar-refractivity contribution in [3.05, 3.63) is 50.9 Å². The number of nitrogens with zero attached hydrogens (tertiary/aromatic N) is 1. The van der Waals surface area contributed by atoms with Crippen molar-refractivity contribution < 1.29 is 4.92 Å². The highest BCUT2D eigenvalue weighted by atomic mass is 32.2. The second kappa shape index (κ2) is 4.29. The summed E-state index contributed by atoms with van der Waals surface area (Å²) < 4.78 is 0. The molecular formula is C12H13NO2S. The summed E-state index contributed by atoms with van der Waals surface area (Å²) in [6.07, 6.45) is 2.11. The maximum absolute atomic E-state index is 10.9. The predicted molar refractivity (Wildman–Crippen MR) is 66.8 cm³/mol. The minimum atomic E-state index is -0.310. The molecule has 1 aliphatic rings. The number of hydrogen-bond donors (Lipinski definition) is 0. The lowest BCUT2D eigenvalue weighted by Crippen LogP contribution is -2.06. The predicted octanol–water partition coefficient (Wildman–Crippen LogP) is 3.64. The van der Waals surface area contributed by atoms with Gasteiger partial charge < -0.3 is 0 Å². The van der Waals surface area contributed by atoms with Crippen molar-refractivity contribution in [1.82, 2.24) is 0 Å². The SMILES string of the molecule is Cc1ccc(C2C=CSC2C)cc1[N+](=O)[O-]. The Kier molecular flexibility index (Phi) is 3.01. The number of allylic oxidation sites excluding steroid dienone is 1. The van der Waals surface area contributed by atoms with Crippen LogP contribution in [0.1, 0.15) is 24.0 Å². The Morgan fingerprint density at radius 3 is 2.75 bits per heavy atom. The standard InChI is InChI=1S/C12H13NO2S/c1-8-3-4-10(7-12(8)13(14)15)11-5-6-16-9(11)2/h3-7,9,11H,1-2H3. The number of benzene rings is 1. The van der Waals surface area contributed by atoms with Crippen molar-refractivity contribution in [2.75, 3.05) is 0 Å². The van der Waals surface area contributed by atoms with E-state index in [9.17, 15) is 10.1 Å². The van der Waals surface area contributed by atoms with Gasteiger partial charge in [-0.2, -0.15) is 0 Å². The van der Waals surface area contributed by atoms with E-state index in [1.807, 2.05) is 12.1 Å². The molecule has 0 amide bonds. The molecule has 16 heavy (non-hydrogen) atoms. The molecule has 0 saturated heterocycles. The van der Waals surface area contributed by atoms with Gasteiger partial charge in [-0.1, -0.05) is 25.1 Å². The summed E-state index contributed by atoms with van der Waals surface area (Å²) in [5, 5.41) is 13.4. The van der Waals surface area contributed by atoms with Gasteiger partial charge in [0.2, 0.25) is 0 Å². The first-order chi connectivity index (χ1) is 7.59. The van der Waals surface area contributed by atoms with Crippen LogP contribution in [-0.4, -0.2) is 10.2 Å². The lowest BCUT2D eigenvalue weighted by Gasteiger charge is -2.14. The molecule has 2 unspecified atom stereocenters. The van der Waals surface area contributed by atoms with Gasteiger partial charge in [0.15, 0.2) is 0 Å².